The molecule has 2 bridgehead atoms. The molecule has 3 aliphatic rings. The summed E-state index contributed by atoms with van der Waals surface area (Å²) in [4.78, 5) is 27.0. The van der Waals surface area contributed by atoms with Crippen LogP contribution in [0.5, 0.6) is 0 Å². The molecule has 3 heterocycles. The van der Waals surface area contributed by atoms with Crippen LogP contribution >= 0.6 is 0 Å². The number of likely N-dealkylation sites (tertiary alicyclic amines) is 1. The van der Waals surface area contributed by atoms with Gasteiger partial charge in [0.15, 0.2) is 0 Å². The molecule has 3 fully saturated rings. The van der Waals surface area contributed by atoms with E-state index >= 15 is 0 Å². The first-order valence-corrected chi connectivity index (χ1v) is 12.8. The molecule has 0 radical (unpaired) electrons. The number of imide groups is 1. The van der Waals surface area contributed by atoms with Crippen LogP contribution in [0.4, 0.5) is 0 Å². The summed E-state index contributed by atoms with van der Waals surface area (Å²) in [5.74, 6) is -0.273. The second kappa shape index (κ2) is 12.7. The Balaban J connectivity index is 0.00000341. The normalized spacial score (nSPS) is 27.1. The van der Waals surface area contributed by atoms with E-state index in [-0.39, 0.29) is 52.8 Å². The molecular weight excluding hydrogens is 456 g/mol. The lowest BCUT2D eigenvalue weighted by atomic mass is 9.81. The van der Waals surface area contributed by atoms with E-state index in [4.69, 9.17) is 4.74 Å². The first kappa shape index (κ1) is 26.8. The van der Waals surface area contributed by atoms with Crippen LogP contribution in [0.2, 0.25) is 0 Å². The van der Waals surface area contributed by atoms with Crippen molar-refractivity contribution in [3.8, 4) is 0 Å². The van der Waals surface area contributed by atoms with Gasteiger partial charge < -0.3 is 26.2 Å². The maximum absolute atomic E-state index is 12.7. The summed E-state index contributed by atoms with van der Waals surface area (Å²) < 4.78 is 6.80. The highest BCUT2D eigenvalue weighted by atomic mass is 79.9. The number of carbonyl (C=O) groups excluding carboxylic acids is 2. The number of rotatable bonds is 15. The van der Waals surface area contributed by atoms with E-state index in [1.54, 1.807) is 4.90 Å². The van der Waals surface area contributed by atoms with Crippen molar-refractivity contribution >= 4 is 11.8 Å². The average Bonchev–Trinajstić information content (AvgIpc) is 3.39. The zero-order valence-corrected chi connectivity index (χ0v) is 21.7. The van der Waals surface area contributed by atoms with Crippen LogP contribution in [-0.4, -0.2) is 67.1 Å². The molecule has 180 valence electrons. The quantitative estimate of drug-likeness (QED) is 0.194. The SMILES string of the molecule is CCCCCCCCCCCC[N+](C)(C)CCCN1C(=O)[C@@H]2[C@H](C1=O)[C@H]1CC[C@@H]2O1.[Br-]. The van der Waals surface area contributed by atoms with E-state index in [2.05, 4.69) is 21.0 Å². The molecule has 0 aliphatic carbocycles. The fourth-order valence-corrected chi connectivity index (χ4v) is 5.79. The van der Waals surface area contributed by atoms with Gasteiger partial charge >= 0.3 is 0 Å². The molecule has 2 amide bonds. The molecule has 0 aromatic carbocycles. The second-order valence-electron chi connectivity index (χ2n) is 10.6. The lowest BCUT2D eigenvalue weighted by Crippen LogP contribution is -3.00. The van der Waals surface area contributed by atoms with Crippen LogP contribution in [0.1, 0.15) is 90.4 Å². The van der Waals surface area contributed by atoms with Crippen molar-refractivity contribution in [1.29, 1.82) is 0 Å². The topological polar surface area (TPSA) is 46.6 Å². The molecule has 5 nitrogen and oxygen atoms in total. The number of ether oxygens (including phenoxy) is 1. The third kappa shape index (κ3) is 7.01. The molecule has 3 rings (SSSR count). The minimum atomic E-state index is -0.176. The molecule has 3 aliphatic heterocycles. The summed E-state index contributed by atoms with van der Waals surface area (Å²) in [7, 11) is 4.56. The molecule has 0 aromatic rings. The molecule has 0 saturated carbocycles. The molecule has 31 heavy (non-hydrogen) atoms. The Hall–Kier alpha value is -0.460. The van der Waals surface area contributed by atoms with E-state index in [0.717, 1.165) is 30.3 Å². The Morgan fingerprint density at radius 1 is 0.774 bits per heavy atom. The Morgan fingerprint density at radius 2 is 1.23 bits per heavy atom. The van der Waals surface area contributed by atoms with Crippen molar-refractivity contribution in [2.24, 2.45) is 11.8 Å². The number of halogens is 1. The number of hydrogen-bond acceptors (Lipinski definition) is 3. The fourth-order valence-electron chi connectivity index (χ4n) is 5.79. The van der Waals surface area contributed by atoms with E-state index in [1.165, 1.54) is 70.8 Å². The largest absolute Gasteiger partial charge is 1.00 e. The highest BCUT2D eigenvalue weighted by Crippen LogP contribution is 2.48. The number of nitrogens with zero attached hydrogens (tertiary/aromatic N) is 2. The van der Waals surface area contributed by atoms with Crippen molar-refractivity contribution in [1.82, 2.24) is 4.90 Å². The second-order valence-corrected chi connectivity index (χ2v) is 10.6. The molecule has 0 spiro atoms. The summed E-state index contributed by atoms with van der Waals surface area (Å²) >= 11 is 0. The highest BCUT2D eigenvalue weighted by Gasteiger charge is 2.62. The summed E-state index contributed by atoms with van der Waals surface area (Å²) in [5, 5.41) is 0. The molecule has 4 atom stereocenters. The third-order valence-corrected chi connectivity index (χ3v) is 7.64. The van der Waals surface area contributed by atoms with Crippen molar-refractivity contribution < 1.29 is 35.8 Å². The van der Waals surface area contributed by atoms with Crippen molar-refractivity contribution in [3.05, 3.63) is 0 Å². The van der Waals surface area contributed by atoms with Crippen LogP contribution in [0.25, 0.3) is 0 Å². The zero-order chi connectivity index (χ0) is 21.6. The fraction of sp³-hybridized carbons (Fsp3) is 0.920. The summed E-state index contributed by atoms with van der Waals surface area (Å²) in [5.41, 5.74) is 0. The number of carbonyl (C=O) groups is 2. The van der Waals surface area contributed by atoms with Crippen LogP contribution in [0.3, 0.4) is 0 Å². The number of amides is 2. The molecule has 0 unspecified atom stereocenters. The maximum Gasteiger partial charge on any atom is 0.235 e. The van der Waals surface area contributed by atoms with Gasteiger partial charge in [-0.3, -0.25) is 14.5 Å². The van der Waals surface area contributed by atoms with Gasteiger partial charge in [-0.2, -0.15) is 0 Å². The number of fused-ring (bicyclic) bond motifs is 5. The van der Waals surface area contributed by atoms with Crippen molar-refractivity contribution in [2.75, 3.05) is 33.7 Å². The van der Waals surface area contributed by atoms with Gasteiger partial charge in [-0.1, -0.05) is 58.3 Å². The van der Waals surface area contributed by atoms with Gasteiger partial charge in [0, 0.05) is 13.0 Å². The first-order valence-electron chi connectivity index (χ1n) is 12.8. The van der Waals surface area contributed by atoms with E-state index < -0.39 is 0 Å². The predicted molar refractivity (Wildman–Crippen MR) is 120 cm³/mol. The van der Waals surface area contributed by atoms with Gasteiger partial charge in [-0.15, -0.1) is 0 Å². The zero-order valence-electron chi connectivity index (χ0n) is 20.1. The molecule has 6 heteroatoms. The van der Waals surface area contributed by atoms with Gasteiger partial charge in [-0.05, 0) is 25.7 Å². The standard InChI is InChI=1S/C25H45N2O3.BrH/c1-4-5-6-7-8-9-10-11-12-13-18-27(2,3)19-14-17-26-24(28)22-20-15-16-21(30-20)23(22)25(26)29;/h20-23H,4-19H2,1-3H3;1H/q+1;/p-1/t20-,21+,22-,23+;. The lowest BCUT2D eigenvalue weighted by molar-refractivity contribution is -0.890. The van der Waals surface area contributed by atoms with Gasteiger partial charge in [-0.25, -0.2) is 0 Å². The smallest absolute Gasteiger partial charge is 0.235 e. The first-order chi connectivity index (χ1) is 14.4. The summed E-state index contributed by atoms with van der Waals surface area (Å²) in [6.45, 7) is 5.06. The van der Waals surface area contributed by atoms with Crippen molar-refractivity contribution in [2.45, 2.75) is 103 Å². The third-order valence-electron chi connectivity index (χ3n) is 7.64. The van der Waals surface area contributed by atoms with Gasteiger partial charge in [0.25, 0.3) is 0 Å². The molecular formula is C25H45BrN2O3. The van der Waals surface area contributed by atoms with Crippen LogP contribution in [0, 0.1) is 11.8 Å². The van der Waals surface area contributed by atoms with E-state index in [9.17, 15) is 9.59 Å². The number of unbranched alkanes of at least 4 members (excludes halogenated alkanes) is 9. The Labute approximate surface area is 200 Å². The maximum atomic E-state index is 12.7. The highest BCUT2D eigenvalue weighted by molar-refractivity contribution is 6.06. The predicted octanol–water partition coefficient (Wildman–Crippen LogP) is 1.54. The summed E-state index contributed by atoms with van der Waals surface area (Å²) in [6.07, 6.45) is 16.5. The van der Waals surface area contributed by atoms with Crippen LogP contribution in [0.15, 0.2) is 0 Å². The number of quaternary nitrogens is 1. The molecule has 0 N–H and O–H groups in total. The van der Waals surface area contributed by atoms with E-state index in [0.29, 0.717) is 6.54 Å². The summed E-state index contributed by atoms with van der Waals surface area (Å²) in [6, 6.07) is 0. The Morgan fingerprint density at radius 3 is 1.74 bits per heavy atom. The Bertz CT molecular complexity index is 555. The minimum Gasteiger partial charge on any atom is -1.00 e. The van der Waals surface area contributed by atoms with Gasteiger partial charge in [0.05, 0.1) is 51.2 Å². The van der Waals surface area contributed by atoms with Crippen LogP contribution < -0.4 is 17.0 Å². The Kier molecular flexibility index (Phi) is 11.0. The molecule has 0 aromatic heterocycles. The van der Waals surface area contributed by atoms with Crippen molar-refractivity contribution in [3.63, 3.8) is 0 Å². The van der Waals surface area contributed by atoms with Gasteiger partial charge in [0.2, 0.25) is 11.8 Å². The lowest BCUT2D eigenvalue weighted by Gasteiger charge is -2.30. The average molecular weight is 502 g/mol. The number of hydrogen-bond donors (Lipinski definition) is 0. The molecule has 3 saturated heterocycles. The monoisotopic (exact) mass is 500 g/mol. The van der Waals surface area contributed by atoms with E-state index in [1.807, 2.05) is 0 Å². The minimum absolute atomic E-state index is 0. The van der Waals surface area contributed by atoms with Gasteiger partial charge in [0.1, 0.15) is 0 Å². The van der Waals surface area contributed by atoms with Crippen LogP contribution in [-0.2, 0) is 14.3 Å².